The van der Waals surface area contributed by atoms with E-state index in [1.54, 1.807) is 12.1 Å². The molecule has 0 unspecified atom stereocenters. The SMILES string of the molecule is CCCN1CCN(c2cccc(OC(F)F)c2O)CC1. The van der Waals surface area contributed by atoms with Crippen LogP contribution in [0.3, 0.4) is 0 Å². The van der Waals surface area contributed by atoms with Crippen LogP contribution >= 0.6 is 0 Å². The molecule has 1 saturated heterocycles. The maximum absolute atomic E-state index is 12.3. The number of hydrogen-bond acceptors (Lipinski definition) is 4. The van der Waals surface area contributed by atoms with Gasteiger partial charge in [-0.2, -0.15) is 8.78 Å². The number of halogens is 2. The Kier molecular flexibility index (Phi) is 5.00. The average Bonchev–Trinajstić information content (AvgIpc) is 2.42. The van der Waals surface area contributed by atoms with Gasteiger partial charge in [0.2, 0.25) is 0 Å². The van der Waals surface area contributed by atoms with E-state index in [1.165, 1.54) is 6.07 Å². The molecule has 1 aromatic rings. The van der Waals surface area contributed by atoms with Crippen molar-refractivity contribution in [2.75, 3.05) is 37.6 Å². The van der Waals surface area contributed by atoms with E-state index in [9.17, 15) is 13.9 Å². The third kappa shape index (κ3) is 3.50. The van der Waals surface area contributed by atoms with Crippen LogP contribution in [0.1, 0.15) is 13.3 Å². The fourth-order valence-electron chi connectivity index (χ4n) is 2.49. The number of anilines is 1. The molecule has 1 fully saturated rings. The van der Waals surface area contributed by atoms with Gasteiger partial charge in [0.25, 0.3) is 0 Å². The van der Waals surface area contributed by atoms with Gasteiger partial charge in [0.1, 0.15) is 0 Å². The molecule has 112 valence electrons. The molecule has 0 aliphatic carbocycles. The molecule has 1 aliphatic rings. The zero-order chi connectivity index (χ0) is 14.5. The first-order valence-corrected chi connectivity index (χ1v) is 6.86. The Labute approximate surface area is 117 Å². The van der Waals surface area contributed by atoms with Gasteiger partial charge in [0, 0.05) is 26.2 Å². The van der Waals surface area contributed by atoms with Gasteiger partial charge in [0.15, 0.2) is 11.5 Å². The summed E-state index contributed by atoms with van der Waals surface area (Å²) < 4.78 is 28.8. The number of para-hydroxylation sites is 1. The molecule has 0 bridgehead atoms. The maximum atomic E-state index is 12.3. The molecule has 4 nitrogen and oxygen atoms in total. The van der Waals surface area contributed by atoms with Crippen LogP contribution < -0.4 is 9.64 Å². The summed E-state index contributed by atoms with van der Waals surface area (Å²) in [5.41, 5.74) is 0.555. The summed E-state index contributed by atoms with van der Waals surface area (Å²) in [6.45, 7) is 3.63. The van der Waals surface area contributed by atoms with Crippen molar-refractivity contribution in [2.45, 2.75) is 20.0 Å². The van der Waals surface area contributed by atoms with Crippen LogP contribution in [-0.4, -0.2) is 49.3 Å². The van der Waals surface area contributed by atoms with E-state index in [1.807, 2.05) is 4.90 Å². The van der Waals surface area contributed by atoms with Gasteiger partial charge in [-0.25, -0.2) is 0 Å². The molecular formula is C14H20F2N2O2. The van der Waals surface area contributed by atoms with Crippen molar-refractivity contribution < 1.29 is 18.6 Å². The van der Waals surface area contributed by atoms with Crippen LogP contribution in [0.25, 0.3) is 0 Å². The molecule has 1 aromatic carbocycles. The van der Waals surface area contributed by atoms with Crippen LogP contribution in [0.4, 0.5) is 14.5 Å². The molecule has 0 aromatic heterocycles. The second-order valence-corrected chi connectivity index (χ2v) is 4.83. The summed E-state index contributed by atoms with van der Waals surface area (Å²) in [6.07, 6.45) is 1.11. The van der Waals surface area contributed by atoms with Gasteiger partial charge >= 0.3 is 6.61 Å². The summed E-state index contributed by atoms with van der Waals surface area (Å²) in [5.74, 6) is -0.384. The summed E-state index contributed by atoms with van der Waals surface area (Å²) in [7, 11) is 0. The molecular weight excluding hydrogens is 266 g/mol. The molecule has 1 heterocycles. The van der Waals surface area contributed by atoms with Gasteiger partial charge in [0.05, 0.1) is 5.69 Å². The van der Waals surface area contributed by atoms with Gasteiger partial charge in [-0.15, -0.1) is 0 Å². The van der Waals surface area contributed by atoms with Gasteiger partial charge < -0.3 is 14.7 Å². The van der Waals surface area contributed by atoms with E-state index in [0.29, 0.717) is 5.69 Å². The van der Waals surface area contributed by atoms with Gasteiger partial charge in [-0.3, -0.25) is 4.90 Å². The summed E-state index contributed by atoms with van der Waals surface area (Å²) in [5, 5.41) is 10.0. The highest BCUT2D eigenvalue weighted by molar-refractivity contribution is 5.64. The third-order valence-electron chi connectivity index (χ3n) is 3.45. The molecule has 0 amide bonds. The van der Waals surface area contributed by atoms with Crippen LogP contribution in [0.2, 0.25) is 0 Å². The molecule has 6 heteroatoms. The average molecular weight is 286 g/mol. The van der Waals surface area contributed by atoms with Crippen molar-refractivity contribution in [2.24, 2.45) is 0 Å². The second kappa shape index (κ2) is 6.74. The van der Waals surface area contributed by atoms with Crippen molar-refractivity contribution in [3.8, 4) is 11.5 Å². The predicted octanol–water partition coefficient (Wildman–Crippen LogP) is 2.53. The fraction of sp³-hybridized carbons (Fsp3) is 0.571. The van der Waals surface area contributed by atoms with Crippen molar-refractivity contribution in [1.82, 2.24) is 4.90 Å². The fourth-order valence-corrected chi connectivity index (χ4v) is 2.49. The highest BCUT2D eigenvalue weighted by atomic mass is 19.3. The zero-order valence-electron chi connectivity index (χ0n) is 11.6. The molecule has 2 rings (SSSR count). The smallest absolute Gasteiger partial charge is 0.387 e. The van der Waals surface area contributed by atoms with E-state index >= 15 is 0 Å². The van der Waals surface area contributed by atoms with E-state index in [4.69, 9.17) is 0 Å². The minimum Gasteiger partial charge on any atom is -0.503 e. The largest absolute Gasteiger partial charge is 0.503 e. The van der Waals surface area contributed by atoms with E-state index in [0.717, 1.165) is 39.1 Å². The number of rotatable bonds is 5. The van der Waals surface area contributed by atoms with Crippen molar-refractivity contribution in [3.05, 3.63) is 18.2 Å². The lowest BCUT2D eigenvalue weighted by molar-refractivity contribution is -0.0512. The zero-order valence-corrected chi connectivity index (χ0v) is 11.6. The number of phenolic OH excluding ortho intramolecular Hbond substituents is 1. The molecule has 0 spiro atoms. The van der Waals surface area contributed by atoms with E-state index < -0.39 is 6.61 Å². The summed E-state index contributed by atoms with van der Waals surface area (Å²) in [6, 6.07) is 4.69. The topological polar surface area (TPSA) is 35.9 Å². The number of alkyl halides is 2. The molecule has 1 aliphatic heterocycles. The number of phenols is 1. The number of benzene rings is 1. The predicted molar refractivity (Wildman–Crippen MR) is 73.7 cm³/mol. The van der Waals surface area contributed by atoms with Crippen molar-refractivity contribution >= 4 is 5.69 Å². The van der Waals surface area contributed by atoms with Crippen molar-refractivity contribution in [3.63, 3.8) is 0 Å². The number of ether oxygens (including phenoxy) is 1. The Bertz CT molecular complexity index is 435. The lowest BCUT2D eigenvalue weighted by Gasteiger charge is -2.36. The number of nitrogens with zero attached hydrogens (tertiary/aromatic N) is 2. The third-order valence-corrected chi connectivity index (χ3v) is 3.45. The molecule has 0 saturated carbocycles. The van der Waals surface area contributed by atoms with E-state index in [-0.39, 0.29) is 11.5 Å². The Balaban J connectivity index is 2.06. The Hall–Kier alpha value is -1.56. The van der Waals surface area contributed by atoms with Gasteiger partial charge in [-0.1, -0.05) is 13.0 Å². The second-order valence-electron chi connectivity index (χ2n) is 4.83. The minimum atomic E-state index is -2.93. The standard InChI is InChI=1S/C14H20F2N2O2/c1-2-6-17-7-9-18(10-8-17)11-4-3-5-12(13(11)19)20-14(15)16/h3-5,14,19H,2,6-10H2,1H3. The lowest BCUT2D eigenvalue weighted by Crippen LogP contribution is -2.46. The van der Waals surface area contributed by atoms with E-state index in [2.05, 4.69) is 16.6 Å². The molecule has 20 heavy (non-hydrogen) atoms. The lowest BCUT2D eigenvalue weighted by atomic mass is 10.2. The maximum Gasteiger partial charge on any atom is 0.387 e. The summed E-state index contributed by atoms with van der Waals surface area (Å²) in [4.78, 5) is 4.35. The van der Waals surface area contributed by atoms with Crippen LogP contribution in [-0.2, 0) is 0 Å². The van der Waals surface area contributed by atoms with Crippen LogP contribution in [0, 0.1) is 0 Å². The quantitative estimate of drug-likeness (QED) is 0.902. The van der Waals surface area contributed by atoms with Gasteiger partial charge in [-0.05, 0) is 25.1 Å². The highest BCUT2D eigenvalue weighted by Crippen LogP contribution is 2.37. The Morgan fingerprint density at radius 1 is 1.25 bits per heavy atom. The number of hydrogen-bond donors (Lipinski definition) is 1. The van der Waals surface area contributed by atoms with Crippen LogP contribution in [0.15, 0.2) is 18.2 Å². The Morgan fingerprint density at radius 3 is 2.55 bits per heavy atom. The van der Waals surface area contributed by atoms with Crippen LogP contribution in [0.5, 0.6) is 11.5 Å². The molecule has 0 atom stereocenters. The Morgan fingerprint density at radius 2 is 1.95 bits per heavy atom. The summed E-state index contributed by atoms with van der Waals surface area (Å²) >= 11 is 0. The minimum absolute atomic E-state index is 0.173. The first-order chi connectivity index (χ1) is 9.61. The molecule has 1 N–H and O–H groups in total. The number of aromatic hydroxyl groups is 1. The van der Waals surface area contributed by atoms with Crippen molar-refractivity contribution in [1.29, 1.82) is 0 Å². The highest BCUT2D eigenvalue weighted by Gasteiger charge is 2.21. The number of piperazine rings is 1. The monoisotopic (exact) mass is 286 g/mol. The molecule has 0 radical (unpaired) electrons. The first kappa shape index (κ1) is 14.8. The first-order valence-electron chi connectivity index (χ1n) is 6.86. The normalized spacial score (nSPS) is 16.7.